The van der Waals surface area contributed by atoms with Gasteiger partial charge in [-0.05, 0) is 25.7 Å². The molecule has 12 heavy (non-hydrogen) atoms. The van der Waals surface area contributed by atoms with Crippen LogP contribution in [0.25, 0.3) is 0 Å². The van der Waals surface area contributed by atoms with Crippen LogP contribution in [0.3, 0.4) is 0 Å². The third-order valence-electron chi connectivity index (χ3n) is 2.66. The molecule has 2 aliphatic rings. The van der Waals surface area contributed by atoms with E-state index in [0.717, 1.165) is 25.9 Å². The standard InChI is InChI=1S/C9H15FO2/c10-9(6-11-7-9)4-3-8-2-1-5-12-8/h8H,1-7H2. The van der Waals surface area contributed by atoms with Crippen molar-refractivity contribution in [2.24, 2.45) is 0 Å². The van der Waals surface area contributed by atoms with Crippen molar-refractivity contribution >= 4 is 0 Å². The lowest BCUT2D eigenvalue weighted by molar-refractivity contribution is -0.137. The van der Waals surface area contributed by atoms with E-state index in [1.165, 1.54) is 0 Å². The maximum absolute atomic E-state index is 13.4. The molecular weight excluding hydrogens is 159 g/mol. The van der Waals surface area contributed by atoms with Gasteiger partial charge in [-0.3, -0.25) is 0 Å². The molecule has 3 heteroatoms. The molecule has 2 saturated heterocycles. The average molecular weight is 174 g/mol. The summed E-state index contributed by atoms with van der Waals surface area (Å²) in [6.45, 7) is 1.44. The summed E-state index contributed by atoms with van der Waals surface area (Å²) in [5.41, 5.74) is -1.02. The summed E-state index contributed by atoms with van der Waals surface area (Å²) in [5, 5.41) is 0. The Bertz CT molecular complexity index is 151. The molecule has 0 aromatic carbocycles. The van der Waals surface area contributed by atoms with Crippen molar-refractivity contribution in [1.82, 2.24) is 0 Å². The van der Waals surface area contributed by atoms with Crippen molar-refractivity contribution in [3.05, 3.63) is 0 Å². The Labute approximate surface area is 72.0 Å². The lowest BCUT2D eigenvalue weighted by Gasteiger charge is -2.34. The van der Waals surface area contributed by atoms with Gasteiger partial charge in [-0.25, -0.2) is 4.39 Å². The molecule has 0 spiro atoms. The van der Waals surface area contributed by atoms with E-state index in [2.05, 4.69) is 0 Å². The molecule has 1 atom stereocenters. The van der Waals surface area contributed by atoms with Gasteiger partial charge in [0.25, 0.3) is 0 Å². The summed E-state index contributed by atoms with van der Waals surface area (Å²) in [6, 6.07) is 0. The van der Waals surface area contributed by atoms with Gasteiger partial charge >= 0.3 is 0 Å². The summed E-state index contributed by atoms with van der Waals surface area (Å²) >= 11 is 0. The normalized spacial score (nSPS) is 33.2. The Kier molecular flexibility index (Phi) is 2.33. The van der Waals surface area contributed by atoms with Crippen molar-refractivity contribution in [3.8, 4) is 0 Å². The lowest BCUT2D eigenvalue weighted by atomic mass is 9.95. The molecular formula is C9H15FO2. The van der Waals surface area contributed by atoms with E-state index in [1.807, 2.05) is 0 Å². The highest BCUT2D eigenvalue weighted by Crippen LogP contribution is 2.29. The Morgan fingerprint density at radius 3 is 2.75 bits per heavy atom. The molecule has 0 N–H and O–H groups in total. The van der Waals surface area contributed by atoms with Crippen molar-refractivity contribution in [1.29, 1.82) is 0 Å². The number of hydrogen-bond donors (Lipinski definition) is 0. The molecule has 2 heterocycles. The van der Waals surface area contributed by atoms with Gasteiger partial charge in [0, 0.05) is 6.61 Å². The van der Waals surface area contributed by atoms with E-state index in [9.17, 15) is 4.39 Å². The number of hydrogen-bond acceptors (Lipinski definition) is 2. The van der Waals surface area contributed by atoms with Crippen LogP contribution < -0.4 is 0 Å². The fourth-order valence-electron chi connectivity index (χ4n) is 1.76. The quantitative estimate of drug-likeness (QED) is 0.648. The minimum absolute atomic E-state index is 0.291. The lowest BCUT2D eigenvalue weighted by Crippen LogP contribution is -2.45. The summed E-state index contributed by atoms with van der Waals surface area (Å²) in [5.74, 6) is 0. The van der Waals surface area contributed by atoms with Crippen LogP contribution in [-0.2, 0) is 9.47 Å². The first-order valence-corrected chi connectivity index (χ1v) is 4.67. The largest absolute Gasteiger partial charge is 0.378 e. The number of alkyl halides is 1. The topological polar surface area (TPSA) is 18.5 Å². The van der Waals surface area contributed by atoms with E-state index >= 15 is 0 Å². The van der Waals surface area contributed by atoms with Crippen LogP contribution >= 0.6 is 0 Å². The van der Waals surface area contributed by atoms with Gasteiger partial charge in [0.1, 0.15) is 0 Å². The van der Waals surface area contributed by atoms with Gasteiger partial charge in [0.2, 0.25) is 0 Å². The number of halogens is 1. The first kappa shape index (κ1) is 8.45. The molecule has 0 saturated carbocycles. The second-order valence-electron chi connectivity index (χ2n) is 3.82. The van der Waals surface area contributed by atoms with Crippen molar-refractivity contribution in [2.75, 3.05) is 19.8 Å². The van der Waals surface area contributed by atoms with Gasteiger partial charge in [-0.2, -0.15) is 0 Å². The fourth-order valence-corrected chi connectivity index (χ4v) is 1.76. The number of ether oxygens (including phenoxy) is 2. The highest BCUT2D eigenvalue weighted by molar-refractivity contribution is 4.86. The third-order valence-corrected chi connectivity index (χ3v) is 2.66. The van der Waals surface area contributed by atoms with Gasteiger partial charge in [0.05, 0.1) is 19.3 Å². The highest BCUT2D eigenvalue weighted by atomic mass is 19.1. The molecule has 0 aliphatic carbocycles. The molecule has 0 amide bonds. The third kappa shape index (κ3) is 1.77. The zero-order chi connectivity index (χ0) is 8.44. The van der Waals surface area contributed by atoms with E-state index in [4.69, 9.17) is 9.47 Å². The van der Waals surface area contributed by atoms with Gasteiger partial charge in [-0.15, -0.1) is 0 Å². The Hall–Kier alpha value is -0.150. The van der Waals surface area contributed by atoms with E-state index < -0.39 is 5.67 Å². The van der Waals surface area contributed by atoms with E-state index in [1.54, 1.807) is 0 Å². The monoisotopic (exact) mass is 174 g/mol. The van der Waals surface area contributed by atoms with Gasteiger partial charge in [0.15, 0.2) is 5.67 Å². The molecule has 0 aromatic heterocycles. The van der Waals surface area contributed by atoms with Crippen LogP contribution in [0.5, 0.6) is 0 Å². The van der Waals surface area contributed by atoms with Gasteiger partial charge in [-0.1, -0.05) is 0 Å². The molecule has 2 nitrogen and oxygen atoms in total. The second-order valence-corrected chi connectivity index (χ2v) is 3.82. The Morgan fingerprint density at radius 1 is 1.42 bits per heavy atom. The predicted molar refractivity (Wildman–Crippen MR) is 42.9 cm³/mol. The zero-order valence-electron chi connectivity index (χ0n) is 7.22. The van der Waals surface area contributed by atoms with E-state index in [-0.39, 0.29) is 0 Å². The second kappa shape index (κ2) is 3.30. The Balaban J connectivity index is 1.67. The SMILES string of the molecule is FC1(CCC2CCCO2)COC1. The minimum atomic E-state index is -1.02. The average Bonchev–Trinajstić information content (AvgIpc) is 2.49. The molecule has 1 unspecified atom stereocenters. The highest BCUT2D eigenvalue weighted by Gasteiger charge is 2.38. The molecule has 0 bridgehead atoms. The molecule has 0 aromatic rings. The van der Waals surface area contributed by atoms with Crippen LogP contribution in [0.15, 0.2) is 0 Å². The summed E-state index contributed by atoms with van der Waals surface area (Å²) in [4.78, 5) is 0. The van der Waals surface area contributed by atoms with Crippen LogP contribution in [0, 0.1) is 0 Å². The molecule has 2 rings (SSSR count). The Morgan fingerprint density at radius 2 is 2.25 bits per heavy atom. The molecule has 2 aliphatic heterocycles. The van der Waals surface area contributed by atoms with Crippen LogP contribution in [-0.4, -0.2) is 31.6 Å². The van der Waals surface area contributed by atoms with Crippen LogP contribution in [0.2, 0.25) is 0 Å². The van der Waals surface area contributed by atoms with Crippen LogP contribution in [0.4, 0.5) is 4.39 Å². The van der Waals surface area contributed by atoms with Gasteiger partial charge < -0.3 is 9.47 Å². The van der Waals surface area contributed by atoms with Crippen LogP contribution in [0.1, 0.15) is 25.7 Å². The molecule has 70 valence electrons. The first-order valence-electron chi connectivity index (χ1n) is 4.67. The summed E-state index contributed by atoms with van der Waals surface area (Å²) in [6.07, 6.45) is 4.03. The molecule has 2 fully saturated rings. The van der Waals surface area contributed by atoms with Crippen molar-refractivity contribution < 1.29 is 13.9 Å². The molecule has 0 radical (unpaired) electrons. The first-order chi connectivity index (χ1) is 5.79. The van der Waals surface area contributed by atoms with Crippen molar-refractivity contribution in [2.45, 2.75) is 37.5 Å². The maximum atomic E-state index is 13.4. The summed E-state index contributed by atoms with van der Waals surface area (Å²) < 4.78 is 23.6. The zero-order valence-corrected chi connectivity index (χ0v) is 7.22. The number of rotatable bonds is 3. The maximum Gasteiger partial charge on any atom is 0.157 e. The minimum Gasteiger partial charge on any atom is -0.378 e. The smallest absolute Gasteiger partial charge is 0.157 e. The van der Waals surface area contributed by atoms with E-state index in [0.29, 0.717) is 25.7 Å². The summed E-state index contributed by atoms with van der Waals surface area (Å²) in [7, 11) is 0. The predicted octanol–water partition coefficient (Wildman–Crippen LogP) is 1.68. The fraction of sp³-hybridized carbons (Fsp3) is 1.00. The van der Waals surface area contributed by atoms with Crippen molar-refractivity contribution in [3.63, 3.8) is 0 Å².